The van der Waals surface area contributed by atoms with Gasteiger partial charge in [0, 0.05) is 5.46 Å². The summed E-state index contributed by atoms with van der Waals surface area (Å²) in [4.78, 5) is 0. The van der Waals surface area contributed by atoms with Gasteiger partial charge in [0.15, 0.2) is 0 Å². The highest BCUT2D eigenvalue weighted by atomic mass is 35.5. The van der Waals surface area contributed by atoms with Crippen LogP contribution >= 0.6 is 23.2 Å². The van der Waals surface area contributed by atoms with Crippen molar-refractivity contribution in [2.24, 2.45) is 0 Å². The fourth-order valence-electron chi connectivity index (χ4n) is 1.91. The maximum absolute atomic E-state index is 6.15. The van der Waals surface area contributed by atoms with Gasteiger partial charge in [0.1, 0.15) is 10.8 Å². The lowest BCUT2D eigenvalue weighted by Gasteiger charge is -2.32. The lowest BCUT2D eigenvalue weighted by molar-refractivity contribution is 0.00578. The van der Waals surface area contributed by atoms with Crippen molar-refractivity contribution < 1.29 is 14.0 Å². The van der Waals surface area contributed by atoms with E-state index in [1.807, 2.05) is 33.8 Å². The van der Waals surface area contributed by atoms with Crippen LogP contribution in [0, 0.1) is 0 Å². The first-order chi connectivity index (χ1) is 8.69. The Balaban J connectivity index is 2.43. The van der Waals surface area contributed by atoms with E-state index in [2.05, 4.69) is 0 Å². The van der Waals surface area contributed by atoms with Gasteiger partial charge in [-0.15, -0.1) is 0 Å². The van der Waals surface area contributed by atoms with Gasteiger partial charge >= 0.3 is 7.12 Å². The fraction of sp³-hybridized carbons (Fsp3) is 0.538. The molecule has 0 amide bonds. The number of benzene rings is 1. The third-order valence-electron chi connectivity index (χ3n) is 3.79. The molecule has 0 radical (unpaired) electrons. The maximum atomic E-state index is 6.15. The first-order valence-electron chi connectivity index (χ1n) is 6.07. The number of rotatable bonds is 2. The molecular weight excluding hydrogens is 286 g/mol. The van der Waals surface area contributed by atoms with Crippen LogP contribution in [-0.2, 0) is 9.31 Å². The van der Waals surface area contributed by atoms with Crippen LogP contribution in [0.5, 0.6) is 5.75 Å². The predicted molar refractivity (Wildman–Crippen MR) is 78.7 cm³/mol. The molecule has 1 fully saturated rings. The molecule has 1 aromatic carbocycles. The minimum absolute atomic E-state index is 0.372. The monoisotopic (exact) mass is 302 g/mol. The normalized spacial score (nSPS) is 20.7. The van der Waals surface area contributed by atoms with Crippen molar-refractivity contribution in [3.05, 3.63) is 22.2 Å². The zero-order valence-corrected chi connectivity index (χ0v) is 13.2. The Bertz CT molecular complexity index is 487. The third-order valence-corrected chi connectivity index (χ3v) is 4.58. The van der Waals surface area contributed by atoms with Crippen LogP contribution in [0.15, 0.2) is 12.1 Å². The van der Waals surface area contributed by atoms with Crippen LogP contribution in [0.1, 0.15) is 27.7 Å². The smallest absolute Gasteiger partial charge is 0.495 e. The van der Waals surface area contributed by atoms with Crippen molar-refractivity contribution in [1.82, 2.24) is 0 Å². The molecule has 3 nitrogen and oxygen atoms in total. The van der Waals surface area contributed by atoms with Crippen molar-refractivity contribution in [2.45, 2.75) is 38.9 Å². The zero-order chi connectivity index (χ0) is 14.4. The average molecular weight is 303 g/mol. The molecule has 1 aliphatic heterocycles. The van der Waals surface area contributed by atoms with E-state index in [-0.39, 0.29) is 0 Å². The van der Waals surface area contributed by atoms with Gasteiger partial charge < -0.3 is 14.0 Å². The number of hydrogen-bond acceptors (Lipinski definition) is 3. The third kappa shape index (κ3) is 2.47. The molecule has 19 heavy (non-hydrogen) atoms. The Labute approximate surface area is 124 Å². The Hall–Kier alpha value is -0.415. The van der Waals surface area contributed by atoms with E-state index in [0.717, 1.165) is 5.46 Å². The average Bonchev–Trinajstić information content (AvgIpc) is 2.51. The van der Waals surface area contributed by atoms with E-state index < -0.39 is 18.3 Å². The van der Waals surface area contributed by atoms with Crippen LogP contribution < -0.4 is 10.2 Å². The summed E-state index contributed by atoms with van der Waals surface area (Å²) in [6.45, 7) is 7.99. The van der Waals surface area contributed by atoms with Crippen molar-refractivity contribution in [2.75, 3.05) is 7.11 Å². The molecule has 1 aliphatic rings. The van der Waals surface area contributed by atoms with Gasteiger partial charge in [-0.1, -0.05) is 29.3 Å². The van der Waals surface area contributed by atoms with E-state index in [1.54, 1.807) is 13.2 Å². The number of ether oxygens (including phenoxy) is 1. The molecule has 0 unspecified atom stereocenters. The standard InChI is InChI=1S/C13H17BCl2O3/c1-12(2)13(3,4)19-14(18-12)8-6-7-9(15)10(16)11(8)17-5/h6-7H,1-5H3. The van der Waals surface area contributed by atoms with Crippen LogP contribution in [0.3, 0.4) is 0 Å². The van der Waals surface area contributed by atoms with E-state index in [0.29, 0.717) is 15.8 Å². The molecule has 0 bridgehead atoms. The Kier molecular flexibility index (Phi) is 3.82. The summed E-state index contributed by atoms with van der Waals surface area (Å²) < 4.78 is 17.3. The van der Waals surface area contributed by atoms with Gasteiger partial charge in [0.25, 0.3) is 0 Å². The topological polar surface area (TPSA) is 27.7 Å². The van der Waals surface area contributed by atoms with E-state index in [4.69, 9.17) is 37.2 Å². The minimum atomic E-state index is -0.519. The second-order valence-electron chi connectivity index (χ2n) is 5.57. The highest BCUT2D eigenvalue weighted by Gasteiger charge is 2.52. The molecule has 2 rings (SSSR count). The maximum Gasteiger partial charge on any atom is 0.498 e. The molecule has 1 saturated heterocycles. The summed E-state index contributed by atoms with van der Waals surface area (Å²) in [5, 5.41) is 0.815. The summed E-state index contributed by atoms with van der Waals surface area (Å²) in [6, 6.07) is 3.53. The molecule has 0 spiro atoms. The van der Waals surface area contributed by atoms with Crippen LogP contribution in [-0.4, -0.2) is 25.4 Å². The Morgan fingerprint density at radius 2 is 1.58 bits per heavy atom. The van der Waals surface area contributed by atoms with E-state index in [9.17, 15) is 0 Å². The lowest BCUT2D eigenvalue weighted by atomic mass is 9.78. The molecule has 0 aliphatic carbocycles. The fourth-order valence-corrected chi connectivity index (χ4v) is 2.31. The van der Waals surface area contributed by atoms with Crippen molar-refractivity contribution in [3.63, 3.8) is 0 Å². The van der Waals surface area contributed by atoms with Gasteiger partial charge in [0.05, 0.1) is 23.3 Å². The lowest BCUT2D eigenvalue weighted by Crippen LogP contribution is -2.41. The van der Waals surface area contributed by atoms with Crippen molar-refractivity contribution in [3.8, 4) is 5.75 Å². The van der Waals surface area contributed by atoms with Gasteiger partial charge in [-0.05, 0) is 33.8 Å². The second-order valence-corrected chi connectivity index (χ2v) is 6.36. The number of halogens is 2. The van der Waals surface area contributed by atoms with Gasteiger partial charge in [-0.2, -0.15) is 0 Å². The summed E-state index contributed by atoms with van der Waals surface area (Å²) in [5.41, 5.74) is -0.0700. The molecule has 1 heterocycles. The second kappa shape index (κ2) is 4.85. The van der Waals surface area contributed by atoms with Gasteiger partial charge in [-0.25, -0.2) is 0 Å². The molecule has 6 heteroatoms. The molecule has 1 aromatic rings. The van der Waals surface area contributed by atoms with Crippen molar-refractivity contribution in [1.29, 1.82) is 0 Å². The van der Waals surface area contributed by atoms with Gasteiger partial charge in [-0.3, -0.25) is 0 Å². The first-order valence-corrected chi connectivity index (χ1v) is 6.83. The quantitative estimate of drug-likeness (QED) is 0.785. The highest BCUT2D eigenvalue weighted by molar-refractivity contribution is 6.64. The minimum Gasteiger partial charge on any atom is -0.495 e. The molecule has 0 N–H and O–H groups in total. The van der Waals surface area contributed by atoms with Crippen molar-refractivity contribution >= 4 is 35.8 Å². The first kappa shape index (κ1) is 15.0. The number of hydrogen-bond donors (Lipinski definition) is 0. The van der Waals surface area contributed by atoms with E-state index in [1.165, 1.54) is 0 Å². The van der Waals surface area contributed by atoms with Crippen LogP contribution in [0.2, 0.25) is 10.0 Å². The predicted octanol–water partition coefficient (Wildman–Crippen LogP) is 3.30. The molecule has 0 atom stereocenters. The molecule has 104 valence electrons. The van der Waals surface area contributed by atoms with Crippen LogP contribution in [0.4, 0.5) is 0 Å². The molecular formula is C13H17BCl2O3. The van der Waals surface area contributed by atoms with Crippen LogP contribution in [0.25, 0.3) is 0 Å². The summed E-state index contributed by atoms with van der Waals surface area (Å²) >= 11 is 12.1. The Morgan fingerprint density at radius 3 is 2.05 bits per heavy atom. The Morgan fingerprint density at radius 1 is 1.05 bits per heavy atom. The molecule has 0 saturated carbocycles. The summed E-state index contributed by atoms with van der Waals surface area (Å²) in [5.74, 6) is 0.493. The zero-order valence-electron chi connectivity index (χ0n) is 11.7. The van der Waals surface area contributed by atoms with Gasteiger partial charge in [0.2, 0.25) is 0 Å². The summed E-state index contributed by atoms with van der Waals surface area (Å²) in [6.07, 6.45) is 0. The SMILES string of the molecule is COc1c(B2OC(C)(C)C(C)(C)O2)ccc(Cl)c1Cl. The highest BCUT2D eigenvalue weighted by Crippen LogP contribution is 2.38. The largest absolute Gasteiger partial charge is 0.498 e. The van der Waals surface area contributed by atoms with E-state index >= 15 is 0 Å². The molecule has 0 aromatic heterocycles. The number of methoxy groups -OCH3 is 1. The summed E-state index contributed by atoms with van der Waals surface area (Å²) in [7, 11) is 1.03.